The summed E-state index contributed by atoms with van der Waals surface area (Å²) in [4.78, 5) is 12.9. The van der Waals surface area contributed by atoms with E-state index in [1.807, 2.05) is 0 Å². The molecule has 1 heterocycles. The van der Waals surface area contributed by atoms with Gasteiger partial charge in [0, 0.05) is 25.6 Å². The van der Waals surface area contributed by atoms with E-state index >= 15 is 0 Å². The molecule has 1 amide bonds. The molecule has 1 saturated heterocycles. The molecule has 1 aromatic carbocycles. The Morgan fingerprint density at radius 1 is 1.16 bits per heavy atom. The zero-order chi connectivity index (χ0) is 24.2. The van der Waals surface area contributed by atoms with Crippen LogP contribution in [-0.2, 0) is 21.0 Å². The van der Waals surface area contributed by atoms with Gasteiger partial charge in [0.2, 0.25) is 15.9 Å². The summed E-state index contributed by atoms with van der Waals surface area (Å²) >= 11 is 0. The van der Waals surface area contributed by atoms with Crippen molar-refractivity contribution in [2.24, 2.45) is 5.92 Å². The highest BCUT2D eigenvalue weighted by atomic mass is 32.2. The van der Waals surface area contributed by atoms with Crippen molar-refractivity contribution in [3.63, 3.8) is 0 Å². The Morgan fingerprint density at radius 2 is 1.78 bits per heavy atom. The van der Waals surface area contributed by atoms with E-state index < -0.39 is 45.3 Å². The first-order chi connectivity index (χ1) is 14.7. The lowest BCUT2D eigenvalue weighted by molar-refractivity contribution is -0.143. The van der Waals surface area contributed by atoms with Crippen molar-refractivity contribution < 1.29 is 39.6 Å². The van der Waals surface area contributed by atoms with Crippen LogP contribution < -0.4 is 5.32 Å². The number of alkyl halides is 6. The number of nitrogens with zero attached hydrogens (tertiary/aromatic N) is 2. The van der Waals surface area contributed by atoms with Crippen LogP contribution in [0.4, 0.5) is 26.3 Å². The molecule has 32 heavy (non-hydrogen) atoms. The van der Waals surface area contributed by atoms with Gasteiger partial charge in [0.1, 0.15) is 0 Å². The summed E-state index contributed by atoms with van der Waals surface area (Å²) in [6, 6.07) is 3.50. The van der Waals surface area contributed by atoms with E-state index in [0.717, 1.165) is 27.4 Å². The molecule has 0 radical (unpaired) electrons. The molecule has 1 aliphatic rings. The highest BCUT2D eigenvalue weighted by Crippen LogP contribution is 2.32. The summed E-state index contributed by atoms with van der Waals surface area (Å²) < 4.78 is 102. The SMILES string of the molecule is CN(CCCNC(=O)C1CCN(S(=O)(=O)c2cccc(C(F)(F)F)c2)CC1)CC(F)(F)F. The largest absolute Gasteiger partial charge is 0.416 e. The first kappa shape index (κ1) is 26.4. The number of halogens is 6. The number of nitrogens with one attached hydrogen (secondary N) is 1. The van der Waals surface area contributed by atoms with Gasteiger partial charge in [-0.1, -0.05) is 6.07 Å². The third-order valence-electron chi connectivity index (χ3n) is 5.09. The summed E-state index contributed by atoms with van der Waals surface area (Å²) in [5.74, 6) is -0.796. The molecule has 13 heteroatoms. The average Bonchev–Trinajstić information content (AvgIpc) is 2.69. The normalized spacial score (nSPS) is 17.0. The fourth-order valence-electron chi connectivity index (χ4n) is 3.43. The van der Waals surface area contributed by atoms with Gasteiger partial charge in [-0.15, -0.1) is 0 Å². The van der Waals surface area contributed by atoms with Crippen molar-refractivity contribution >= 4 is 15.9 Å². The van der Waals surface area contributed by atoms with Gasteiger partial charge in [-0.3, -0.25) is 9.69 Å². The Morgan fingerprint density at radius 3 is 2.34 bits per heavy atom. The van der Waals surface area contributed by atoms with Crippen molar-refractivity contribution in [1.82, 2.24) is 14.5 Å². The Labute approximate surface area is 182 Å². The number of rotatable bonds is 8. The monoisotopic (exact) mass is 489 g/mol. The minimum Gasteiger partial charge on any atom is -0.356 e. The van der Waals surface area contributed by atoms with Gasteiger partial charge in [0.25, 0.3) is 0 Å². The Hall–Kier alpha value is -1.86. The highest BCUT2D eigenvalue weighted by molar-refractivity contribution is 7.89. The standard InChI is InChI=1S/C19H25F6N3O3S/c1-27(13-18(20,21)22)9-3-8-26-17(29)14-6-10-28(11-7-14)32(30,31)16-5-2-4-15(12-16)19(23,24)25/h2,4-5,12,14H,3,6-11,13H2,1H3,(H,26,29). The number of benzene rings is 1. The summed E-state index contributed by atoms with van der Waals surface area (Å²) in [6.45, 7) is -0.757. The predicted octanol–water partition coefficient (Wildman–Crippen LogP) is 3.11. The maximum Gasteiger partial charge on any atom is 0.416 e. The maximum absolute atomic E-state index is 12.9. The molecule has 1 aromatic rings. The highest BCUT2D eigenvalue weighted by Gasteiger charge is 2.35. The van der Waals surface area contributed by atoms with E-state index in [9.17, 15) is 39.6 Å². The van der Waals surface area contributed by atoms with Crippen LogP contribution in [0.25, 0.3) is 0 Å². The lowest BCUT2D eigenvalue weighted by Gasteiger charge is -2.30. The van der Waals surface area contributed by atoms with E-state index in [4.69, 9.17) is 0 Å². The second-order valence-corrected chi connectivity index (χ2v) is 9.64. The quantitative estimate of drug-likeness (QED) is 0.450. The number of hydrogen-bond donors (Lipinski definition) is 1. The van der Waals surface area contributed by atoms with Gasteiger partial charge in [-0.25, -0.2) is 8.42 Å². The molecule has 0 aromatic heterocycles. The molecule has 2 rings (SSSR count). The van der Waals surface area contributed by atoms with Gasteiger partial charge in [-0.2, -0.15) is 30.6 Å². The number of amides is 1. The van der Waals surface area contributed by atoms with Gasteiger partial charge in [0.15, 0.2) is 0 Å². The molecule has 1 fully saturated rings. The van der Waals surface area contributed by atoms with Crippen molar-refractivity contribution in [2.75, 3.05) is 39.8 Å². The first-order valence-electron chi connectivity index (χ1n) is 9.90. The maximum atomic E-state index is 12.9. The van der Waals surface area contributed by atoms with E-state index in [1.165, 1.54) is 7.05 Å². The zero-order valence-corrected chi connectivity index (χ0v) is 18.2. The molecule has 6 nitrogen and oxygen atoms in total. The Kier molecular flexibility index (Phi) is 8.56. The molecular formula is C19H25F6N3O3S. The number of carbonyl (C=O) groups excluding carboxylic acids is 1. The minimum absolute atomic E-state index is 0.0228. The van der Waals surface area contributed by atoms with Crippen LogP contribution in [0, 0.1) is 5.92 Å². The molecule has 0 saturated carbocycles. The van der Waals surface area contributed by atoms with Crippen LogP contribution in [0.3, 0.4) is 0 Å². The lowest BCUT2D eigenvalue weighted by atomic mass is 9.97. The molecule has 0 aliphatic carbocycles. The average molecular weight is 489 g/mol. The van der Waals surface area contributed by atoms with Crippen molar-refractivity contribution in [2.45, 2.75) is 36.5 Å². The Bertz CT molecular complexity index is 881. The van der Waals surface area contributed by atoms with Crippen LogP contribution in [0.2, 0.25) is 0 Å². The summed E-state index contributed by atoms with van der Waals surface area (Å²) in [5, 5.41) is 2.64. The summed E-state index contributed by atoms with van der Waals surface area (Å²) in [7, 11) is -2.81. The third kappa shape index (κ3) is 7.62. The van der Waals surface area contributed by atoms with Crippen LogP contribution in [0.5, 0.6) is 0 Å². The third-order valence-corrected chi connectivity index (χ3v) is 6.98. The fourth-order valence-corrected chi connectivity index (χ4v) is 4.95. The molecule has 182 valence electrons. The van der Waals surface area contributed by atoms with Crippen molar-refractivity contribution in [1.29, 1.82) is 0 Å². The molecule has 0 bridgehead atoms. The van der Waals surface area contributed by atoms with Gasteiger partial charge in [-0.05, 0) is 51.1 Å². The number of carbonyl (C=O) groups is 1. The predicted molar refractivity (Wildman–Crippen MR) is 104 cm³/mol. The molecule has 0 atom stereocenters. The second-order valence-electron chi connectivity index (χ2n) is 7.70. The molecule has 0 spiro atoms. The van der Waals surface area contributed by atoms with Crippen LogP contribution >= 0.6 is 0 Å². The smallest absolute Gasteiger partial charge is 0.356 e. The summed E-state index contributed by atoms with van der Waals surface area (Å²) in [5.41, 5.74) is -1.06. The molecular weight excluding hydrogens is 464 g/mol. The minimum atomic E-state index is -4.67. The van der Waals surface area contributed by atoms with Gasteiger partial charge >= 0.3 is 12.4 Å². The van der Waals surface area contributed by atoms with Gasteiger partial charge in [0.05, 0.1) is 17.0 Å². The van der Waals surface area contributed by atoms with Crippen LogP contribution in [0.15, 0.2) is 29.2 Å². The molecule has 1 aliphatic heterocycles. The summed E-state index contributed by atoms with van der Waals surface area (Å²) in [6.07, 6.45) is -8.25. The zero-order valence-electron chi connectivity index (χ0n) is 17.3. The van der Waals surface area contributed by atoms with Crippen molar-refractivity contribution in [3.8, 4) is 0 Å². The second kappa shape index (κ2) is 10.4. The van der Waals surface area contributed by atoms with Gasteiger partial charge < -0.3 is 5.32 Å². The molecule has 0 unspecified atom stereocenters. The number of piperidine rings is 1. The van der Waals surface area contributed by atoms with E-state index in [2.05, 4.69) is 5.32 Å². The molecule has 1 N–H and O–H groups in total. The van der Waals surface area contributed by atoms with Crippen LogP contribution in [-0.4, -0.2) is 69.5 Å². The van der Waals surface area contributed by atoms with Crippen molar-refractivity contribution in [3.05, 3.63) is 29.8 Å². The van der Waals surface area contributed by atoms with E-state index in [-0.39, 0.29) is 44.9 Å². The topological polar surface area (TPSA) is 69.7 Å². The lowest BCUT2D eigenvalue weighted by Crippen LogP contribution is -2.43. The Balaban J connectivity index is 1.83. The number of hydrogen-bond acceptors (Lipinski definition) is 4. The first-order valence-corrected chi connectivity index (χ1v) is 11.3. The van der Waals surface area contributed by atoms with Crippen LogP contribution in [0.1, 0.15) is 24.8 Å². The fraction of sp³-hybridized carbons (Fsp3) is 0.632. The van der Waals surface area contributed by atoms with E-state index in [1.54, 1.807) is 0 Å². The van der Waals surface area contributed by atoms with E-state index in [0.29, 0.717) is 12.5 Å². The number of sulfonamides is 1.